The third-order valence-corrected chi connectivity index (χ3v) is 4.54. The third-order valence-electron chi connectivity index (χ3n) is 2.98. The second-order valence-electron chi connectivity index (χ2n) is 4.62. The van der Waals surface area contributed by atoms with Gasteiger partial charge in [0.05, 0.1) is 4.90 Å². The summed E-state index contributed by atoms with van der Waals surface area (Å²) >= 11 is 0. The van der Waals surface area contributed by atoms with Gasteiger partial charge in [-0.15, -0.1) is 0 Å². The highest BCUT2D eigenvalue weighted by Crippen LogP contribution is 2.15. The molecular formula is C15H19N3O2S. The van der Waals surface area contributed by atoms with Crippen molar-refractivity contribution in [3.05, 3.63) is 54.1 Å². The number of anilines is 2. The summed E-state index contributed by atoms with van der Waals surface area (Å²) in [5.74, 6) is 0. The van der Waals surface area contributed by atoms with Crippen LogP contribution in [0, 0.1) is 0 Å². The number of rotatable bonds is 6. The van der Waals surface area contributed by atoms with Gasteiger partial charge < -0.3 is 11.1 Å². The molecule has 0 fully saturated rings. The Balaban J connectivity index is 2.01. The first-order valence-corrected chi connectivity index (χ1v) is 8.17. The van der Waals surface area contributed by atoms with Crippen LogP contribution in [0.3, 0.4) is 0 Å². The topological polar surface area (TPSA) is 84.2 Å². The zero-order valence-corrected chi connectivity index (χ0v) is 12.7. The zero-order valence-electron chi connectivity index (χ0n) is 11.8. The average molecular weight is 305 g/mol. The van der Waals surface area contributed by atoms with E-state index in [0.717, 1.165) is 16.9 Å². The Morgan fingerprint density at radius 2 is 1.62 bits per heavy atom. The molecule has 0 aliphatic carbocycles. The summed E-state index contributed by atoms with van der Waals surface area (Å²) < 4.78 is 26.1. The van der Waals surface area contributed by atoms with Crippen molar-refractivity contribution < 1.29 is 8.42 Å². The maximum Gasteiger partial charge on any atom is 0.240 e. The van der Waals surface area contributed by atoms with Crippen LogP contribution in [0.25, 0.3) is 0 Å². The monoisotopic (exact) mass is 305 g/mol. The van der Waals surface area contributed by atoms with Crippen LogP contribution in [0.1, 0.15) is 12.5 Å². The summed E-state index contributed by atoms with van der Waals surface area (Å²) in [6, 6.07) is 14.3. The van der Waals surface area contributed by atoms with E-state index in [1.54, 1.807) is 31.2 Å². The number of sulfonamides is 1. The second kappa shape index (κ2) is 6.60. The highest BCUT2D eigenvalue weighted by Gasteiger charge is 2.11. The number of hydrogen-bond acceptors (Lipinski definition) is 4. The number of benzene rings is 2. The summed E-state index contributed by atoms with van der Waals surface area (Å²) in [7, 11) is -3.39. The first-order valence-electron chi connectivity index (χ1n) is 6.69. The lowest BCUT2D eigenvalue weighted by Crippen LogP contribution is -2.23. The van der Waals surface area contributed by atoms with Crippen LogP contribution in [0.5, 0.6) is 0 Å². The molecule has 0 saturated heterocycles. The van der Waals surface area contributed by atoms with Gasteiger partial charge in [-0.25, -0.2) is 13.1 Å². The van der Waals surface area contributed by atoms with Gasteiger partial charge in [0.1, 0.15) is 0 Å². The normalized spacial score (nSPS) is 11.3. The van der Waals surface area contributed by atoms with Crippen LogP contribution in [0.15, 0.2) is 53.4 Å². The van der Waals surface area contributed by atoms with E-state index in [9.17, 15) is 8.42 Å². The number of hydrogen-bond donors (Lipinski definition) is 3. The highest BCUT2D eigenvalue weighted by atomic mass is 32.2. The van der Waals surface area contributed by atoms with Gasteiger partial charge in [-0.05, 0) is 42.0 Å². The molecule has 0 amide bonds. The summed E-state index contributed by atoms with van der Waals surface area (Å²) in [4.78, 5) is 0.266. The Morgan fingerprint density at radius 1 is 1.00 bits per heavy atom. The number of nitrogens with one attached hydrogen (secondary N) is 2. The maximum atomic E-state index is 11.8. The molecule has 0 saturated carbocycles. The highest BCUT2D eigenvalue weighted by molar-refractivity contribution is 7.89. The van der Waals surface area contributed by atoms with Crippen molar-refractivity contribution in [3.63, 3.8) is 0 Å². The third kappa shape index (κ3) is 4.21. The lowest BCUT2D eigenvalue weighted by atomic mass is 10.2. The van der Waals surface area contributed by atoms with Gasteiger partial charge in [0.25, 0.3) is 0 Å². The molecule has 2 aromatic carbocycles. The molecule has 21 heavy (non-hydrogen) atoms. The molecule has 0 unspecified atom stereocenters. The van der Waals surface area contributed by atoms with Crippen molar-refractivity contribution in [2.24, 2.45) is 0 Å². The van der Waals surface area contributed by atoms with Crippen molar-refractivity contribution in [2.75, 3.05) is 17.6 Å². The molecule has 2 aromatic rings. The van der Waals surface area contributed by atoms with E-state index >= 15 is 0 Å². The molecule has 0 aliphatic rings. The minimum Gasteiger partial charge on any atom is -0.399 e. The van der Waals surface area contributed by atoms with Gasteiger partial charge in [0.2, 0.25) is 10.0 Å². The number of nitrogen functional groups attached to an aromatic ring is 1. The minimum atomic E-state index is -3.39. The van der Waals surface area contributed by atoms with Crippen molar-refractivity contribution in [1.29, 1.82) is 0 Å². The Morgan fingerprint density at radius 3 is 2.19 bits per heavy atom. The van der Waals surface area contributed by atoms with Crippen LogP contribution in [0.4, 0.5) is 11.4 Å². The SMILES string of the molecule is CCNS(=O)(=O)c1ccc(NCc2ccc(N)cc2)cc1. The van der Waals surface area contributed by atoms with Gasteiger partial charge in [-0.1, -0.05) is 19.1 Å². The van der Waals surface area contributed by atoms with Crippen molar-refractivity contribution in [2.45, 2.75) is 18.4 Å². The molecule has 0 aliphatic heterocycles. The fraction of sp³-hybridized carbons (Fsp3) is 0.200. The van der Waals surface area contributed by atoms with Gasteiger partial charge in [-0.3, -0.25) is 0 Å². The first kappa shape index (κ1) is 15.3. The molecule has 6 heteroatoms. The van der Waals surface area contributed by atoms with Gasteiger partial charge in [0, 0.05) is 24.5 Å². The average Bonchev–Trinajstić information content (AvgIpc) is 2.47. The summed E-state index contributed by atoms with van der Waals surface area (Å²) in [6.07, 6.45) is 0. The van der Waals surface area contributed by atoms with Crippen LogP contribution in [-0.2, 0) is 16.6 Å². The van der Waals surface area contributed by atoms with E-state index in [4.69, 9.17) is 5.73 Å². The molecule has 112 valence electrons. The van der Waals surface area contributed by atoms with E-state index in [2.05, 4.69) is 10.0 Å². The molecule has 0 atom stereocenters. The Kier molecular flexibility index (Phi) is 4.82. The maximum absolute atomic E-state index is 11.8. The summed E-state index contributed by atoms with van der Waals surface area (Å²) in [6.45, 7) is 2.78. The smallest absolute Gasteiger partial charge is 0.240 e. The molecule has 0 radical (unpaired) electrons. The Bertz CT molecular complexity index is 680. The quantitative estimate of drug-likeness (QED) is 0.714. The van der Waals surface area contributed by atoms with Gasteiger partial charge in [-0.2, -0.15) is 0 Å². The minimum absolute atomic E-state index is 0.266. The Labute approximate surface area is 125 Å². The molecule has 0 bridgehead atoms. The predicted molar refractivity (Wildman–Crippen MR) is 85.5 cm³/mol. The lowest BCUT2D eigenvalue weighted by molar-refractivity contribution is 0.584. The second-order valence-corrected chi connectivity index (χ2v) is 6.39. The van der Waals surface area contributed by atoms with E-state index in [1.807, 2.05) is 24.3 Å². The molecule has 4 N–H and O–H groups in total. The Hall–Kier alpha value is -2.05. The fourth-order valence-corrected chi connectivity index (χ4v) is 2.91. The molecule has 0 heterocycles. The van der Waals surface area contributed by atoms with Crippen molar-refractivity contribution in [1.82, 2.24) is 4.72 Å². The van der Waals surface area contributed by atoms with Crippen LogP contribution in [0.2, 0.25) is 0 Å². The van der Waals surface area contributed by atoms with E-state index in [0.29, 0.717) is 13.1 Å². The van der Waals surface area contributed by atoms with E-state index < -0.39 is 10.0 Å². The predicted octanol–water partition coefficient (Wildman–Crippen LogP) is 2.18. The van der Waals surface area contributed by atoms with Crippen molar-refractivity contribution in [3.8, 4) is 0 Å². The lowest BCUT2D eigenvalue weighted by Gasteiger charge is -2.09. The summed E-state index contributed by atoms with van der Waals surface area (Å²) in [5, 5.41) is 3.24. The zero-order chi connectivity index (χ0) is 15.3. The van der Waals surface area contributed by atoms with Crippen LogP contribution in [-0.4, -0.2) is 15.0 Å². The largest absolute Gasteiger partial charge is 0.399 e. The number of nitrogens with two attached hydrogens (primary N) is 1. The molecule has 2 rings (SSSR count). The van der Waals surface area contributed by atoms with Crippen LogP contribution >= 0.6 is 0 Å². The summed E-state index contributed by atoms with van der Waals surface area (Å²) in [5.41, 5.74) is 8.33. The first-order chi connectivity index (χ1) is 10.0. The van der Waals surface area contributed by atoms with E-state index in [-0.39, 0.29) is 4.90 Å². The molecule has 0 spiro atoms. The molecular weight excluding hydrogens is 286 g/mol. The standard InChI is InChI=1S/C15H19N3O2S/c1-2-18-21(19,20)15-9-7-14(8-10-15)17-11-12-3-5-13(16)6-4-12/h3-10,17-18H,2,11,16H2,1H3. The molecule has 0 aromatic heterocycles. The fourth-order valence-electron chi connectivity index (χ4n) is 1.86. The van der Waals surface area contributed by atoms with Crippen molar-refractivity contribution >= 4 is 21.4 Å². The molecule has 5 nitrogen and oxygen atoms in total. The van der Waals surface area contributed by atoms with Gasteiger partial charge >= 0.3 is 0 Å². The van der Waals surface area contributed by atoms with Crippen LogP contribution < -0.4 is 15.8 Å². The van der Waals surface area contributed by atoms with Gasteiger partial charge in [0.15, 0.2) is 0 Å². The van der Waals surface area contributed by atoms with E-state index in [1.165, 1.54) is 0 Å².